The van der Waals surface area contributed by atoms with Crippen molar-refractivity contribution >= 4 is 0 Å². The van der Waals surface area contributed by atoms with Crippen LogP contribution in [0.4, 0.5) is 13.2 Å². The van der Waals surface area contributed by atoms with Crippen LogP contribution in [0.3, 0.4) is 0 Å². The summed E-state index contributed by atoms with van der Waals surface area (Å²) in [6.45, 7) is 2.18. The maximum atomic E-state index is 12.4. The monoisotopic (exact) mass is 400 g/mol. The predicted octanol–water partition coefficient (Wildman–Crippen LogP) is 6.93. The van der Waals surface area contributed by atoms with Crippen molar-refractivity contribution in [2.75, 3.05) is 0 Å². The first-order valence-corrected chi connectivity index (χ1v) is 10.6. The third-order valence-electron chi connectivity index (χ3n) is 6.31. The van der Waals surface area contributed by atoms with Crippen LogP contribution in [0.5, 0.6) is 5.75 Å². The number of alkyl halides is 3. The molecule has 2 aliphatic carbocycles. The minimum Gasteiger partial charge on any atom is -0.406 e. The van der Waals surface area contributed by atoms with Crippen molar-refractivity contribution in [3.05, 3.63) is 76.4 Å². The van der Waals surface area contributed by atoms with Crippen LogP contribution in [0.1, 0.15) is 59.9 Å². The maximum Gasteiger partial charge on any atom is 0.573 e. The Kier molecular flexibility index (Phi) is 5.71. The summed E-state index contributed by atoms with van der Waals surface area (Å²) in [5.41, 5.74) is 7.11. The average Bonchev–Trinajstić information content (AvgIpc) is 2.71. The third-order valence-corrected chi connectivity index (χ3v) is 6.31. The summed E-state index contributed by atoms with van der Waals surface area (Å²) in [7, 11) is 0. The molecule has 29 heavy (non-hydrogen) atoms. The fourth-order valence-corrected chi connectivity index (χ4v) is 4.91. The molecule has 2 aromatic rings. The van der Waals surface area contributed by atoms with E-state index < -0.39 is 6.36 Å². The van der Waals surface area contributed by atoms with E-state index in [0.29, 0.717) is 11.8 Å². The van der Waals surface area contributed by atoms with Crippen molar-refractivity contribution in [2.45, 2.75) is 64.1 Å². The fourth-order valence-electron chi connectivity index (χ4n) is 4.91. The van der Waals surface area contributed by atoms with Gasteiger partial charge >= 0.3 is 6.36 Å². The van der Waals surface area contributed by atoms with E-state index in [0.717, 1.165) is 44.1 Å². The highest BCUT2D eigenvalue weighted by Gasteiger charge is 2.31. The lowest BCUT2D eigenvalue weighted by Gasteiger charge is -2.31. The third kappa shape index (κ3) is 4.68. The normalized spacial score (nSPS) is 21.7. The quantitative estimate of drug-likeness (QED) is 0.506. The molecule has 0 N–H and O–H groups in total. The van der Waals surface area contributed by atoms with Crippen LogP contribution in [-0.2, 0) is 25.7 Å². The zero-order chi connectivity index (χ0) is 20.4. The van der Waals surface area contributed by atoms with Crippen molar-refractivity contribution in [2.24, 2.45) is 5.92 Å². The number of allylic oxidation sites excluding steroid dienone is 2. The van der Waals surface area contributed by atoms with E-state index in [9.17, 15) is 13.2 Å². The van der Waals surface area contributed by atoms with E-state index in [1.165, 1.54) is 35.2 Å². The Balaban J connectivity index is 1.48. The Morgan fingerprint density at radius 3 is 2.24 bits per heavy atom. The predicted molar refractivity (Wildman–Crippen MR) is 109 cm³/mol. The summed E-state index contributed by atoms with van der Waals surface area (Å²) < 4.78 is 41.1. The molecule has 0 heterocycles. The molecule has 0 radical (unpaired) electrons. The Morgan fingerprint density at radius 2 is 1.59 bits per heavy atom. The lowest BCUT2D eigenvalue weighted by molar-refractivity contribution is -0.274. The van der Waals surface area contributed by atoms with Crippen molar-refractivity contribution in [1.29, 1.82) is 0 Å². The van der Waals surface area contributed by atoms with Crippen molar-refractivity contribution in [3.8, 4) is 5.75 Å². The molecule has 1 nitrogen and oxygen atoms in total. The largest absolute Gasteiger partial charge is 0.573 e. The minimum atomic E-state index is -4.64. The summed E-state index contributed by atoms with van der Waals surface area (Å²) in [4.78, 5) is 0. The molecule has 2 unspecified atom stereocenters. The van der Waals surface area contributed by atoms with E-state index in [-0.39, 0.29) is 5.75 Å². The van der Waals surface area contributed by atoms with Crippen molar-refractivity contribution in [1.82, 2.24) is 0 Å². The summed E-state index contributed by atoms with van der Waals surface area (Å²) in [6.07, 6.45) is 7.70. The van der Waals surface area contributed by atoms with Crippen molar-refractivity contribution in [3.63, 3.8) is 0 Å². The van der Waals surface area contributed by atoms with Gasteiger partial charge in [-0.15, -0.1) is 13.2 Å². The first-order valence-electron chi connectivity index (χ1n) is 10.6. The van der Waals surface area contributed by atoms with Gasteiger partial charge in [-0.05, 0) is 96.7 Å². The number of benzene rings is 2. The van der Waals surface area contributed by atoms with Crippen LogP contribution in [0.25, 0.3) is 0 Å². The molecular formula is C25H27F3O. The van der Waals surface area contributed by atoms with Gasteiger partial charge in [0, 0.05) is 0 Å². The summed E-state index contributed by atoms with van der Waals surface area (Å²) in [5.74, 6) is 0.858. The van der Waals surface area contributed by atoms with Crippen molar-refractivity contribution < 1.29 is 17.9 Å². The van der Waals surface area contributed by atoms with Gasteiger partial charge in [0.1, 0.15) is 5.75 Å². The highest BCUT2D eigenvalue weighted by atomic mass is 19.4. The van der Waals surface area contributed by atoms with Gasteiger partial charge in [0.05, 0.1) is 0 Å². The molecule has 0 spiro atoms. The van der Waals surface area contributed by atoms with E-state index in [2.05, 4.69) is 35.9 Å². The van der Waals surface area contributed by atoms with Gasteiger partial charge in [-0.1, -0.05) is 43.3 Å². The van der Waals surface area contributed by atoms with Gasteiger partial charge in [0.15, 0.2) is 0 Å². The lowest BCUT2D eigenvalue weighted by Crippen LogP contribution is -2.20. The van der Waals surface area contributed by atoms with Crippen LogP contribution in [0.15, 0.2) is 48.6 Å². The summed E-state index contributed by atoms with van der Waals surface area (Å²) in [5, 5.41) is 0. The second-order valence-corrected chi connectivity index (χ2v) is 8.24. The molecule has 0 saturated carbocycles. The molecule has 0 saturated heterocycles. The van der Waals surface area contributed by atoms with Gasteiger partial charge in [-0.2, -0.15) is 0 Å². The molecule has 0 amide bonds. The topological polar surface area (TPSA) is 9.23 Å². The van der Waals surface area contributed by atoms with E-state index in [1.54, 1.807) is 17.7 Å². The Labute approximate surface area is 170 Å². The molecule has 0 bridgehead atoms. The average molecular weight is 400 g/mol. The standard InChI is InChI=1S/C25H27F3O/c1-2-3-4-17-5-13-23-20(15-17)6-7-21-16-19(10-14-24(21)23)18-8-11-22(12-9-18)29-25(26,27)28/h3-4,6-9,11-12,17,19H,2,5,10,13-16H2,1H3. The zero-order valence-electron chi connectivity index (χ0n) is 16.8. The first-order chi connectivity index (χ1) is 13.9. The second-order valence-electron chi connectivity index (χ2n) is 8.24. The molecule has 0 fully saturated rings. The number of hydrogen-bond acceptors (Lipinski definition) is 1. The number of hydrogen-bond donors (Lipinski definition) is 0. The zero-order valence-corrected chi connectivity index (χ0v) is 16.8. The Morgan fingerprint density at radius 1 is 0.931 bits per heavy atom. The molecular weight excluding hydrogens is 373 g/mol. The van der Waals surface area contributed by atoms with Gasteiger partial charge in [-0.3, -0.25) is 0 Å². The molecule has 2 atom stereocenters. The van der Waals surface area contributed by atoms with E-state index in [4.69, 9.17) is 0 Å². The second kappa shape index (κ2) is 8.25. The van der Waals surface area contributed by atoms with Crippen LogP contribution in [0, 0.1) is 5.92 Å². The summed E-state index contributed by atoms with van der Waals surface area (Å²) >= 11 is 0. The summed E-state index contributed by atoms with van der Waals surface area (Å²) in [6, 6.07) is 11.0. The SMILES string of the molecule is CCC=CC1CCc2c(ccc3c2CCC(c2ccc(OC(F)(F)F)cc2)C3)C1. The minimum absolute atomic E-state index is 0.154. The molecule has 2 aromatic carbocycles. The number of halogens is 3. The van der Waals surface area contributed by atoms with Gasteiger partial charge in [0.2, 0.25) is 0 Å². The molecule has 4 rings (SSSR count). The van der Waals surface area contributed by atoms with E-state index in [1.807, 2.05) is 0 Å². The van der Waals surface area contributed by atoms with Crippen LogP contribution < -0.4 is 4.74 Å². The molecule has 154 valence electrons. The maximum absolute atomic E-state index is 12.4. The Bertz CT molecular complexity index is 880. The fraction of sp³-hybridized carbons (Fsp3) is 0.440. The molecule has 0 aromatic heterocycles. The van der Waals surface area contributed by atoms with Crippen LogP contribution in [0.2, 0.25) is 0 Å². The smallest absolute Gasteiger partial charge is 0.406 e. The van der Waals surface area contributed by atoms with Gasteiger partial charge in [0.25, 0.3) is 0 Å². The van der Waals surface area contributed by atoms with Crippen LogP contribution >= 0.6 is 0 Å². The van der Waals surface area contributed by atoms with Crippen LogP contribution in [-0.4, -0.2) is 6.36 Å². The molecule has 0 aliphatic heterocycles. The lowest BCUT2D eigenvalue weighted by atomic mass is 9.74. The molecule has 2 aliphatic rings. The van der Waals surface area contributed by atoms with E-state index >= 15 is 0 Å². The number of ether oxygens (including phenoxy) is 1. The van der Waals surface area contributed by atoms with Gasteiger partial charge in [-0.25, -0.2) is 0 Å². The number of fused-ring (bicyclic) bond motifs is 3. The molecule has 4 heteroatoms. The highest BCUT2D eigenvalue weighted by Crippen LogP contribution is 2.39. The number of rotatable bonds is 4. The highest BCUT2D eigenvalue weighted by molar-refractivity contribution is 5.46. The first kappa shape index (κ1) is 20.1. The Hall–Kier alpha value is -2.23. The van der Waals surface area contributed by atoms with Gasteiger partial charge < -0.3 is 4.74 Å².